The molecule has 1 aromatic heterocycles. The molecule has 0 fully saturated rings. The Kier molecular flexibility index (Phi) is 3.09. The predicted octanol–water partition coefficient (Wildman–Crippen LogP) is 1.35. The molecule has 0 saturated carbocycles. The lowest BCUT2D eigenvalue weighted by molar-refractivity contribution is 1.22. The summed E-state index contributed by atoms with van der Waals surface area (Å²) in [6.07, 6.45) is 1.58. The second-order valence-electron chi connectivity index (χ2n) is 2.32. The van der Waals surface area contributed by atoms with Gasteiger partial charge in [0, 0.05) is 6.20 Å². The molecule has 0 amide bonds. The van der Waals surface area contributed by atoms with E-state index in [1.165, 1.54) is 0 Å². The highest BCUT2D eigenvalue weighted by atomic mass is 35.5. The van der Waals surface area contributed by atoms with E-state index in [0.29, 0.717) is 11.6 Å². The van der Waals surface area contributed by atoms with E-state index in [1.54, 1.807) is 6.20 Å². The first-order valence-corrected chi connectivity index (χ1v) is 3.93. The molecule has 1 heterocycles. The van der Waals surface area contributed by atoms with Crippen LogP contribution >= 0.6 is 11.6 Å². The summed E-state index contributed by atoms with van der Waals surface area (Å²) < 4.78 is 0. The van der Waals surface area contributed by atoms with E-state index in [-0.39, 0.29) is 0 Å². The van der Waals surface area contributed by atoms with E-state index in [0.717, 1.165) is 11.3 Å². The number of rotatable bonds is 0. The molecule has 0 aromatic carbocycles. The lowest BCUT2D eigenvalue weighted by atomic mass is 10.2. The normalized spacial score (nSPS) is 8.92. The van der Waals surface area contributed by atoms with Crippen LogP contribution in [0.25, 0.3) is 0 Å². The fourth-order valence-electron chi connectivity index (χ4n) is 0.806. The summed E-state index contributed by atoms with van der Waals surface area (Å²) in [4.78, 5) is 4.05. The minimum Gasteiger partial charge on any atom is -0.320 e. The highest BCUT2D eigenvalue weighted by molar-refractivity contribution is 6.30. The average Bonchev–Trinajstić information content (AvgIpc) is 2.03. The zero-order valence-electron chi connectivity index (χ0n) is 6.76. The van der Waals surface area contributed by atoms with Crippen LogP contribution in [-0.2, 0) is 0 Å². The van der Waals surface area contributed by atoms with Crippen LogP contribution in [0.15, 0.2) is 12.3 Å². The van der Waals surface area contributed by atoms with Crippen LogP contribution in [0.3, 0.4) is 0 Å². The number of nitrogens with zero attached hydrogens (tertiary/aromatic N) is 1. The molecule has 0 aliphatic carbocycles. The first kappa shape index (κ1) is 9.05. The van der Waals surface area contributed by atoms with Crippen molar-refractivity contribution in [3.8, 4) is 11.8 Å². The van der Waals surface area contributed by atoms with Gasteiger partial charge < -0.3 is 5.73 Å². The smallest absolute Gasteiger partial charge is 0.116 e. The van der Waals surface area contributed by atoms with Crippen molar-refractivity contribution in [1.29, 1.82) is 0 Å². The Bertz CT molecular complexity index is 336. The third-order valence-electron chi connectivity index (χ3n) is 1.35. The second kappa shape index (κ2) is 4.10. The molecule has 0 saturated heterocycles. The van der Waals surface area contributed by atoms with Gasteiger partial charge in [-0.25, -0.2) is 4.98 Å². The van der Waals surface area contributed by atoms with Crippen molar-refractivity contribution in [2.24, 2.45) is 5.73 Å². The van der Waals surface area contributed by atoms with Crippen molar-refractivity contribution in [2.75, 3.05) is 6.54 Å². The summed E-state index contributed by atoms with van der Waals surface area (Å²) in [5.74, 6) is 5.59. The third-order valence-corrected chi connectivity index (χ3v) is 1.56. The van der Waals surface area contributed by atoms with Crippen LogP contribution in [0.5, 0.6) is 0 Å². The minimum atomic E-state index is 0.351. The van der Waals surface area contributed by atoms with E-state index in [4.69, 9.17) is 17.3 Å². The van der Waals surface area contributed by atoms with Crippen LogP contribution in [0.4, 0.5) is 0 Å². The lowest BCUT2D eigenvalue weighted by Crippen LogP contribution is -1.94. The maximum absolute atomic E-state index is 5.72. The molecular formula is C9H9ClN2. The lowest BCUT2D eigenvalue weighted by Gasteiger charge is -1.95. The van der Waals surface area contributed by atoms with Gasteiger partial charge in [0.1, 0.15) is 5.69 Å². The summed E-state index contributed by atoms with van der Waals surface area (Å²) in [5.41, 5.74) is 6.94. The second-order valence-corrected chi connectivity index (χ2v) is 2.76. The van der Waals surface area contributed by atoms with Crippen LogP contribution in [0, 0.1) is 18.8 Å². The van der Waals surface area contributed by atoms with Gasteiger partial charge in [0.2, 0.25) is 0 Å². The summed E-state index contributed by atoms with van der Waals surface area (Å²) in [5, 5.41) is 0.630. The minimum absolute atomic E-state index is 0.351. The SMILES string of the molecule is Cc1cc(Cl)cnc1C#CCN. The van der Waals surface area contributed by atoms with Crippen LogP contribution in [-0.4, -0.2) is 11.5 Å². The Morgan fingerprint density at radius 3 is 3.00 bits per heavy atom. The maximum Gasteiger partial charge on any atom is 0.116 e. The highest BCUT2D eigenvalue weighted by Crippen LogP contribution is 2.10. The van der Waals surface area contributed by atoms with Gasteiger partial charge in [0.05, 0.1) is 11.6 Å². The molecule has 3 heteroatoms. The fourth-order valence-corrected chi connectivity index (χ4v) is 1.02. The Balaban J connectivity index is 3.01. The summed E-state index contributed by atoms with van der Waals surface area (Å²) in [7, 11) is 0. The molecule has 0 radical (unpaired) electrons. The van der Waals surface area contributed by atoms with E-state index in [1.807, 2.05) is 13.0 Å². The van der Waals surface area contributed by atoms with Crippen molar-refractivity contribution in [3.05, 3.63) is 28.5 Å². The van der Waals surface area contributed by atoms with E-state index in [2.05, 4.69) is 16.8 Å². The molecule has 1 aromatic rings. The van der Waals surface area contributed by atoms with Gasteiger partial charge in [-0.1, -0.05) is 17.5 Å². The number of hydrogen-bond acceptors (Lipinski definition) is 2. The van der Waals surface area contributed by atoms with Gasteiger partial charge in [0.25, 0.3) is 0 Å². The molecular weight excluding hydrogens is 172 g/mol. The quantitative estimate of drug-likeness (QED) is 0.613. The Hall–Kier alpha value is -1.04. The molecule has 0 bridgehead atoms. The van der Waals surface area contributed by atoms with E-state index < -0.39 is 0 Å². The number of nitrogens with two attached hydrogens (primary N) is 1. The first-order valence-electron chi connectivity index (χ1n) is 3.55. The van der Waals surface area contributed by atoms with Crippen molar-refractivity contribution in [2.45, 2.75) is 6.92 Å². The Morgan fingerprint density at radius 1 is 1.67 bits per heavy atom. The van der Waals surface area contributed by atoms with Crippen LogP contribution in [0.2, 0.25) is 5.02 Å². The number of hydrogen-bond donors (Lipinski definition) is 1. The number of aromatic nitrogens is 1. The first-order chi connectivity index (χ1) is 5.74. The predicted molar refractivity (Wildman–Crippen MR) is 49.9 cm³/mol. The van der Waals surface area contributed by atoms with Crippen molar-refractivity contribution >= 4 is 11.6 Å². The van der Waals surface area contributed by atoms with Gasteiger partial charge >= 0.3 is 0 Å². The molecule has 62 valence electrons. The van der Waals surface area contributed by atoms with Gasteiger partial charge in [-0.3, -0.25) is 0 Å². The van der Waals surface area contributed by atoms with Crippen molar-refractivity contribution in [1.82, 2.24) is 4.98 Å². The monoisotopic (exact) mass is 180 g/mol. The molecule has 0 atom stereocenters. The summed E-state index contributed by atoms with van der Waals surface area (Å²) in [6.45, 7) is 2.27. The van der Waals surface area contributed by atoms with Gasteiger partial charge in [0.15, 0.2) is 0 Å². The molecule has 2 N–H and O–H groups in total. The molecule has 12 heavy (non-hydrogen) atoms. The average molecular weight is 181 g/mol. The largest absolute Gasteiger partial charge is 0.320 e. The van der Waals surface area contributed by atoms with Gasteiger partial charge in [-0.2, -0.15) is 0 Å². The molecule has 0 unspecified atom stereocenters. The maximum atomic E-state index is 5.72. The zero-order chi connectivity index (χ0) is 8.97. The molecule has 0 spiro atoms. The Morgan fingerprint density at radius 2 is 2.42 bits per heavy atom. The van der Waals surface area contributed by atoms with Gasteiger partial charge in [-0.15, -0.1) is 0 Å². The molecule has 1 rings (SSSR count). The van der Waals surface area contributed by atoms with Gasteiger partial charge in [-0.05, 0) is 24.5 Å². The topological polar surface area (TPSA) is 38.9 Å². The van der Waals surface area contributed by atoms with Crippen molar-refractivity contribution < 1.29 is 0 Å². The number of aryl methyl sites for hydroxylation is 1. The molecule has 0 aliphatic heterocycles. The third kappa shape index (κ3) is 2.23. The summed E-state index contributed by atoms with van der Waals surface area (Å²) in [6, 6.07) is 1.83. The molecule has 2 nitrogen and oxygen atoms in total. The van der Waals surface area contributed by atoms with Crippen molar-refractivity contribution in [3.63, 3.8) is 0 Å². The van der Waals surface area contributed by atoms with Crippen LogP contribution in [0.1, 0.15) is 11.3 Å². The number of halogens is 1. The zero-order valence-corrected chi connectivity index (χ0v) is 7.52. The molecule has 0 aliphatic rings. The number of pyridine rings is 1. The van der Waals surface area contributed by atoms with Crippen LogP contribution < -0.4 is 5.73 Å². The highest BCUT2D eigenvalue weighted by Gasteiger charge is 1.95. The summed E-state index contributed by atoms with van der Waals surface area (Å²) >= 11 is 5.72. The Labute approximate surface area is 76.8 Å². The van der Waals surface area contributed by atoms with E-state index >= 15 is 0 Å². The standard InChI is InChI=1S/C9H9ClN2/c1-7-5-8(10)6-12-9(7)3-2-4-11/h5-6H,4,11H2,1H3. The fraction of sp³-hybridized carbons (Fsp3) is 0.222. The van der Waals surface area contributed by atoms with E-state index in [9.17, 15) is 0 Å².